The molecule has 0 aromatic heterocycles. The molecule has 4 nitrogen and oxygen atoms in total. The quantitative estimate of drug-likeness (QED) is 0.771. The lowest BCUT2D eigenvalue weighted by Gasteiger charge is -2.34. The zero-order valence-electron chi connectivity index (χ0n) is 16.0. The molecular formula is C22H22F3N3O. The molecule has 0 atom stereocenters. The van der Waals surface area contributed by atoms with Crippen LogP contribution in [0.5, 0.6) is 0 Å². The van der Waals surface area contributed by atoms with E-state index in [4.69, 9.17) is 0 Å². The summed E-state index contributed by atoms with van der Waals surface area (Å²) in [5.41, 5.74) is 0.928. The van der Waals surface area contributed by atoms with Gasteiger partial charge in [0, 0.05) is 50.1 Å². The average Bonchev–Trinajstić information content (AvgIpc) is 3.02. The molecule has 2 aliphatic heterocycles. The normalized spacial score (nSPS) is 18.0. The third-order valence-corrected chi connectivity index (χ3v) is 5.52. The van der Waals surface area contributed by atoms with Gasteiger partial charge in [-0.3, -0.25) is 9.69 Å². The smallest absolute Gasteiger partial charge is 0.300 e. The first-order chi connectivity index (χ1) is 13.9. The Labute approximate surface area is 167 Å². The van der Waals surface area contributed by atoms with Gasteiger partial charge in [0.2, 0.25) is 0 Å². The topological polar surface area (TPSA) is 35.9 Å². The number of hydrogen-bond acceptors (Lipinski definition) is 3. The number of piperazine rings is 1. The molecule has 7 heteroatoms. The Bertz CT molecular complexity index is 1010. The van der Waals surface area contributed by atoms with Crippen molar-refractivity contribution >= 4 is 11.5 Å². The fourth-order valence-electron chi connectivity index (χ4n) is 3.87. The number of carbonyl (C=O) groups excluding carboxylic acids is 1. The predicted molar refractivity (Wildman–Crippen MR) is 103 cm³/mol. The van der Waals surface area contributed by atoms with Gasteiger partial charge in [0.05, 0.1) is 10.9 Å². The number of halogens is 3. The molecule has 152 valence electrons. The Morgan fingerprint density at radius 2 is 1.62 bits per heavy atom. The summed E-state index contributed by atoms with van der Waals surface area (Å²) in [5, 5.41) is 0.665. The molecule has 0 N–H and O–H groups in total. The third-order valence-electron chi connectivity index (χ3n) is 5.52. The van der Waals surface area contributed by atoms with Crippen LogP contribution in [-0.4, -0.2) is 48.4 Å². The Morgan fingerprint density at radius 1 is 0.931 bits per heavy atom. The first-order valence-corrected chi connectivity index (χ1v) is 9.72. The average molecular weight is 401 g/mol. The molecule has 1 fully saturated rings. The van der Waals surface area contributed by atoms with Gasteiger partial charge in [0.1, 0.15) is 0 Å². The second-order valence-electron chi connectivity index (χ2n) is 7.48. The summed E-state index contributed by atoms with van der Waals surface area (Å²) in [5.74, 6) is -0.415. The highest BCUT2D eigenvalue weighted by Crippen LogP contribution is 2.27. The van der Waals surface area contributed by atoms with Gasteiger partial charge < -0.3 is 4.90 Å². The van der Waals surface area contributed by atoms with E-state index in [-0.39, 0.29) is 0 Å². The fraction of sp³-hybridized carbons (Fsp3) is 0.364. The van der Waals surface area contributed by atoms with Crippen molar-refractivity contribution in [1.82, 2.24) is 9.80 Å². The summed E-state index contributed by atoms with van der Waals surface area (Å²) in [4.78, 5) is 20.8. The summed E-state index contributed by atoms with van der Waals surface area (Å²) in [6, 6.07) is 13.6. The van der Waals surface area contributed by atoms with Crippen LogP contribution in [-0.2, 0) is 17.5 Å². The molecule has 0 unspecified atom stereocenters. The lowest BCUT2D eigenvalue weighted by atomic mass is 10.1. The van der Waals surface area contributed by atoms with Gasteiger partial charge in [-0.25, -0.2) is 4.99 Å². The van der Waals surface area contributed by atoms with Gasteiger partial charge in [-0.05, 0) is 30.2 Å². The summed E-state index contributed by atoms with van der Waals surface area (Å²) >= 11 is 0. The van der Waals surface area contributed by atoms with E-state index in [9.17, 15) is 18.0 Å². The summed E-state index contributed by atoms with van der Waals surface area (Å²) in [6.45, 7) is 5.17. The Hall–Kier alpha value is -2.51. The van der Waals surface area contributed by atoms with E-state index in [0.29, 0.717) is 29.1 Å². The molecule has 0 bridgehead atoms. The molecule has 0 saturated carbocycles. The SMILES string of the molecule is O=C1N=c2ccc(C(F)(F)F)cc2=C1CCN1CCN(Cc2ccccc2)CC1. The van der Waals surface area contributed by atoms with Crippen LogP contribution in [0.25, 0.3) is 5.57 Å². The standard InChI is InChI=1S/C22H22F3N3O/c23-22(24,25)17-6-7-20-19(14-17)18(21(29)26-20)8-9-27-10-12-28(13-11-27)15-16-4-2-1-3-5-16/h1-7,14H,8-13,15H2. The van der Waals surface area contributed by atoms with Gasteiger partial charge >= 0.3 is 6.18 Å². The van der Waals surface area contributed by atoms with Crippen LogP contribution in [0.4, 0.5) is 13.2 Å². The van der Waals surface area contributed by atoms with Crippen molar-refractivity contribution in [2.24, 2.45) is 4.99 Å². The highest BCUT2D eigenvalue weighted by Gasteiger charge is 2.31. The molecule has 0 aliphatic carbocycles. The molecule has 1 amide bonds. The number of carbonyl (C=O) groups is 1. The van der Waals surface area contributed by atoms with Crippen LogP contribution in [0.15, 0.2) is 53.5 Å². The minimum Gasteiger partial charge on any atom is -0.300 e. The molecule has 4 rings (SSSR count). The molecule has 29 heavy (non-hydrogen) atoms. The molecule has 0 spiro atoms. The summed E-state index contributed by atoms with van der Waals surface area (Å²) < 4.78 is 39.0. The Balaban J connectivity index is 1.38. The molecule has 2 aromatic rings. The van der Waals surface area contributed by atoms with E-state index in [0.717, 1.165) is 44.9 Å². The zero-order valence-corrected chi connectivity index (χ0v) is 16.0. The van der Waals surface area contributed by atoms with Gasteiger partial charge in [-0.1, -0.05) is 30.3 Å². The highest BCUT2D eigenvalue weighted by atomic mass is 19.4. The first kappa shape index (κ1) is 19.8. The van der Waals surface area contributed by atoms with E-state index < -0.39 is 17.6 Å². The van der Waals surface area contributed by atoms with Gasteiger partial charge in [-0.15, -0.1) is 0 Å². The second-order valence-corrected chi connectivity index (χ2v) is 7.48. The van der Waals surface area contributed by atoms with Crippen LogP contribution in [0.1, 0.15) is 17.5 Å². The van der Waals surface area contributed by atoms with Crippen LogP contribution in [0, 0.1) is 0 Å². The van der Waals surface area contributed by atoms with Crippen LogP contribution >= 0.6 is 0 Å². The maximum absolute atomic E-state index is 13.0. The van der Waals surface area contributed by atoms with Crippen molar-refractivity contribution < 1.29 is 18.0 Å². The number of amides is 1. The molecule has 2 aromatic carbocycles. The van der Waals surface area contributed by atoms with Crippen molar-refractivity contribution in [3.63, 3.8) is 0 Å². The summed E-state index contributed by atoms with van der Waals surface area (Å²) in [7, 11) is 0. The minimum absolute atomic E-state index is 0.326. The van der Waals surface area contributed by atoms with Crippen molar-refractivity contribution in [3.05, 3.63) is 70.2 Å². The second kappa shape index (κ2) is 8.08. The van der Waals surface area contributed by atoms with E-state index in [1.165, 1.54) is 11.6 Å². The van der Waals surface area contributed by atoms with Crippen LogP contribution in [0.3, 0.4) is 0 Å². The van der Waals surface area contributed by atoms with E-state index in [2.05, 4.69) is 26.9 Å². The highest BCUT2D eigenvalue weighted by molar-refractivity contribution is 6.15. The number of fused-ring (bicyclic) bond motifs is 1. The molecule has 2 heterocycles. The Kier molecular flexibility index (Phi) is 5.52. The van der Waals surface area contributed by atoms with E-state index in [1.54, 1.807) is 0 Å². The zero-order chi connectivity index (χ0) is 20.4. The van der Waals surface area contributed by atoms with E-state index in [1.807, 2.05) is 18.2 Å². The summed E-state index contributed by atoms with van der Waals surface area (Å²) in [6.07, 6.45) is -4.02. The number of alkyl halides is 3. The maximum Gasteiger partial charge on any atom is 0.416 e. The largest absolute Gasteiger partial charge is 0.416 e. The van der Waals surface area contributed by atoms with Gasteiger partial charge in [-0.2, -0.15) is 13.2 Å². The lowest BCUT2D eigenvalue weighted by Crippen LogP contribution is -2.46. The molecule has 2 aliphatic rings. The van der Waals surface area contributed by atoms with E-state index >= 15 is 0 Å². The monoisotopic (exact) mass is 401 g/mol. The van der Waals surface area contributed by atoms with Crippen LogP contribution in [0.2, 0.25) is 0 Å². The number of nitrogens with zero attached hydrogens (tertiary/aromatic N) is 3. The van der Waals surface area contributed by atoms with Crippen molar-refractivity contribution in [2.75, 3.05) is 32.7 Å². The number of hydrogen-bond donors (Lipinski definition) is 0. The lowest BCUT2D eigenvalue weighted by molar-refractivity contribution is -0.137. The number of benzene rings is 2. The first-order valence-electron chi connectivity index (χ1n) is 9.72. The predicted octanol–water partition coefficient (Wildman–Crippen LogP) is 2.22. The van der Waals surface area contributed by atoms with Crippen molar-refractivity contribution in [2.45, 2.75) is 19.1 Å². The van der Waals surface area contributed by atoms with Crippen LogP contribution < -0.4 is 10.6 Å². The number of rotatable bonds is 5. The van der Waals surface area contributed by atoms with Crippen molar-refractivity contribution in [3.8, 4) is 0 Å². The van der Waals surface area contributed by atoms with Gasteiger partial charge in [0.15, 0.2) is 0 Å². The van der Waals surface area contributed by atoms with Crippen molar-refractivity contribution in [1.29, 1.82) is 0 Å². The molecule has 1 saturated heterocycles. The minimum atomic E-state index is -4.43. The third kappa shape index (κ3) is 4.57. The molecular weight excluding hydrogens is 379 g/mol. The Morgan fingerprint density at radius 3 is 2.31 bits per heavy atom. The fourth-order valence-corrected chi connectivity index (χ4v) is 3.87. The molecule has 0 radical (unpaired) electrons. The maximum atomic E-state index is 13.0. The van der Waals surface area contributed by atoms with Gasteiger partial charge in [0.25, 0.3) is 5.91 Å².